The third kappa shape index (κ3) is 6.15. The number of hydrogen-bond donors (Lipinski definition) is 1. The average molecular weight is 640 g/mol. The maximum absolute atomic E-state index is 14.9. The number of carbonyl (C=O) groups excluding carboxylic acids is 1. The molecule has 0 spiro atoms. The van der Waals surface area contributed by atoms with Gasteiger partial charge in [-0.3, -0.25) is 9.69 Å². The Hall–Kier alpha value is -1.50. The van der Waals surface area contributed by atoms with Crippen molar-refractivity contribution < 1.29 is 19.0 Å². The fourth-order valence-electron chi connectivity index (χ4n) is 10.8. The van der Waals surface area contributed by atoms with Crippen LogP contribution in [0.1, 0.15) is 106 Å². The van der Waals surface area contributed by atoms with Crippen LogP contribution in [0.2, 0.25) is 25.7 Å². The van der Waals surface area contributed by atoms with Gasteiger partial charge in [-0.1, -0.05) is 84.5 Å². The Morgan fingerprint density at radius 2 is 1.73 bits per heavy atom. The molecule has 0 saturated heterocycles. The number of carbonyl (C=O) groups is 1. The Labute approximate surface area is 274 Å². The highest BCUT2D eigenvalue weighted by atomic mass is 28.3. The first-order valence-electron chi connectivity index (χ1n) is 18.0. The lowest BCUT2D eigenvalue weighted by atomic mass is 9.43. The summed E-state index contributed by atoms with van der Waals surface area (Å²) in [4.78, 5) is 15.3. The molecule has 1 aromatic rings. The van der Waals surface area contributed by atoms with Crippen molar-refractivity contribution in [3.63, 3.8) is 0 Å². The lowest BCUT2D eigenvalue weighted by Crippen LogP contribution is -2.55. The number of para-hydroxylation sites is 1. The van der Waals surface area contributed by atoms with Crippen molar-refractivity contribution in [1.29, 1.82) is 0 Å². The zero-order valence-electron chi connectivity index (χ0n) is 29.9. The van der Waals surface area contributed by atoms with Gasteiger partial charge in [0.15, 0.2) is 0 Å². The van der Waals surface area contributed by atoms with Gasteiger partial charge < -0.3 is 9.84 Å². The lowest BCUT2D eigenvalue weighted by molar-refractivity contribution is -0.120. The molecular weight excluding hydrogens is 578 g/mol. The number of rotatable bonds is 10. The van der Waals surface area contributed by atoms with Crippen molar-refractivity contribution in [2.45, 2.75) is 138 Å². The van der Waals surface area contributed by atoms with E-state index >= 15 is 0 Å². The summed E-state index contributed by atoms with van der Waals surface area (Å²) in [6, 6.07) is 7.60. The van der Waals surface area contributed by atoms with E-state index in [0.29, 0.717) is 36.5 Å². The Bertz CT molecular complexity index is 1290. The molecule has 0 heterocycles. The smallest absolute Gasteiger partial charge is 0.228 e. The molecule has 0 bridgehead atoms. The highest BCUT2D eigenvalue weighted by molar-refractivity contribution is 6.76. The van der Waals surface area contributed by atoms with E-state index in [4.69, 9.17) is 4.74 Å². The summed E-state index contributed by atoms with van der Waals surface area (Å²) >= 11 is 0. The topological polar surface area (TPSA) is 49.8 Å². The lowest BCUT2D eigenvalue weighted by Gasteiger charge is -2.62. The number of aliphatic hydroxyl groups is 1. The van der Waals surface area contributed by atoms with Crippen LogP contribution in [-0.4, -0.2) is 38.5 Å². The molecule has 2 saturated carbocycles. The molecule has 0 aliphatic heterocycles. The van der Waals surface area contributed by atoms with Crippen LogP contribution in [0.3, 0.4) is 0 Å². The number of allylic oxidation sites excluding steroid dienone is 2. The van der Waals surface area contributed by atoms with Gasteiger partial charge in [0.1, 0.15) is 12.5 Å². The third-order valence-electron chi connectivity index (χ3n) is 14.0. The van der Waals surface area contributed by atoms with E-state index in [1.807, 2.05) is 0 Å². The molecular formula is C39H62FNO3Si. The molecule has 0 unspecified atom stereocenters. The number of benzene rings is 1. The SMILES string of the molecule is C[C@H](CCC(=O)N(COCC[Si](C)(C)C)c1ccccc1F)[C@H]1CC[C@@]2(C)C3=C(CC[C@]12C)[C@@]1(C)CC[C@H](O)C(C)(C)[C@@H]1CC3. The summed E-state index contributed by atoms with van der Waals surface area (Å²) in [6.45, 7) is 22.3. The van der Waals surface area contributed by atoms with Gasteiger partial charge in [0.05, 0.1) is 11.8 Å². The van der Waals surface area contributed by atoms with Crippen molar-refractivity contribution in [1.82, 2.24) is 0 Å². The quantitative estimate of drug-likeness (QED) is 0.120. The van der Waals surface area contributed by atoms with E-state index in [0.717, 1.165) is 25.3 Å². The Morgan fingerprint density at radius 1 is 1.02 bits per heavy atom. The van der Waals surface area contributed by atoms with Crippen LogP contribution in [0, 0.1) is 45.2 Å². The largest absolute Gasteiger partial charge is 0.393 e. The van der Waals surface area contributed by atoms with Crippen LogP contribution in [0.5, 0.6) is 0 Å². The second-order valence-corrected chi connectivity index (χ2v) is 23.5. The second kappa shape index (κ2) is 12.5. The number of halogens is 1. The van der Waals surface area contributed by atoms with E-state index in [9.17, 15) is 14.3 Å². The molecule has 6 heteroatoms. The molecule has 7 atom stereocenters. The van der Waals surface area contributed by atoms with Crippen LogP contribution >= 0.6 is 0 Å². The van der Waals surface area contributed by atoms with Crippen LogP contribution in [-0.2, 0) is 9.53 Å². The number of fused-ring (bicyclic) bond motifs is 4. The summed E-state index contributed by atoms with van der Waals surface area (Å²) < 4.78 is 20.9. The van der Waals surface area contributed by atoms with Crippen molar-refractivity contribution >= 4 is 19.7 Å². The van der Waals surface area contributed by atoms with E-state index in [1.165, 1.54) is 49.5 Å². The molecule has 4 nitrogen and oxygen atoms in total. The van der Waals surface area contributed by atoms with Crippen LogP contribution in [0.4, 0.5) is 10.1 Å². The number of hydrogen-bond acceptors (Lipinski definition) is 3. The van der Waals surface area contributed by atoms with Crippen molar-refractivity contribution in [2.24, 2.45) is 39.4 Å². The predicted octanol–water partition coefficient (Wildman–Crippen LogP) is 10.00. The van der Waals surface area contributed by atoms with Gasteiger partial charge in [0, 0.05) is 21.1 Å². The zero-order valence-corrected chi connectivity index (χ0v) is 30.9. The molecule has 4 aliphatic rings. The number of aliphatic hydroxyl groups excluding tert-OH is 1. The van der Waals surface area contributed by atoms with Crippen molar-refractivity contribution in [3.8, 4) is 0 Å². The average Bonchev–Trinajstić information content (AvgIpc) is 3.25. The fraction of sp³-hybridized carbons (Fsp3) is 0.769. The highest BCUT2D eigenvalue weighted by Gasteiger charge is 2.63. The zero-order chi connectivity index (χ0) is 33.0. The Kier molecular flexibility index (Phi) is 9.68. The van der Waals surface area contributed by atoms with Gasteiger partial charge in [-0.05, 0) is 115 Å². The highest BCUT2D eigenvalue weighted by Crippen LogP contribution is 2.72. The second-order valence-electron chi connectivity index (χ2n) is 17.9. The molecule has 1 aromatic carbocycles. The van der Waals surface area contributed by atoms with Crippen LogP contribution in [0.15, 0.2) is 35.4 Å². The molecule has 4 aliphatic carbocycles. The molecule has 5 rings (SSSR count). The Morgan fingerprint density at radius 3 is 2.42 bits per heavy atom. The number of amides is 1. The molecule has 0 radical (unpaired) electrons. The fourth-order valence-corrected chi connectivity index (χ4v) is 11.6. The van der Waals surface area contributed by atoms with Gasteiger partial charge in [0.25, 0.3) is 0 Å². The minimum Gasteiger partial charge on any atom is -0.393 e. The van der Waals surface area contributed by atoms with Crippen molar-refractivity contribution in [3.05, 3.63) is 41.2 Å². The first-order chi connectivity index (χ1) is 21.0. The van der Waals surface area contributed by atoms with Gasteiger partial charge in [0.2, 0.25) is 5.91 Å². The van der Waals surface area contributed by atoms with Crippen LogP contribution < -0.4 is 4.90 Å². The molecule has 1 amide bonds. The van der Waals surface area contributed by atoms with Gasteiger partial charge >= 0.3 is 0 Å². The summed E-state index contributed by atoms with van der Waals surface area (Å²) in [7, 11) is -1.27. The summed E-state index contributed by atoms with van der Waals surface area (Å²) in [6.07, 6.45) is 10.2. The maximum Gasteiger partial charge on any atom is 0.228 e. The minimum atomic E-state index is -1.27. The van der Waals surface area contributed by atoms with E-state index in [-0.39, 0.29) is 46.2 Å². The first-order valence-corrected chi connectivity index (χ1v) is 21.7. The summed E-state index contributed by atoms with van der Waals surface area (Å²) in [5.41, 5.74) is 4.39. The van der Waals surface area contributed by atoms with Crippen molar-refractivity contribution in [2.75, 3.05) is 18.2 Å². The molecule has 0 aromatic heterocycles. The van der Waals surface area contributed by atoms with E-state index in [1.54, 1.807) is 29.3 Å². The number of ether oxygens (including phenoxy) is 1. The van der Waals surface area contributed by atoms with E-state index < -0.39 is 8.07 Å². The first kappa shape index (κ1) is 34.8. The maximum atomic E-state index is 14.9. The minimum absolute atomic E-state index is 0.0393. The van der Waals surface area contributed by atoms with Gasteiger partial charge in [-0.15, -0.1) is 0 Å². The summed E-state index contributed by atoms with van der Waals surface area (Å²) in [5, 5.41) is 10.9. The third-order valence-corrected chi connectivity index (χ3v) is 15.7. The molecule has 2 fully saturated rings. The standard InChI is InChI=1S/C39H62FNO3Si/c1-27(14-17-35(43)41(26-44-24-25-45(7,8)9)32-13-11-10-12-31(32)40)28-18-22-39(6)30-15-16-33-36(2,3)34(42)20-21-37(33,4)29(30)19-23-38(28,39)5/h10-13,27-28,33-34,42H,14-26H2,1-9H3/t27-,28-,33+,34+,37-,38-,39+/m1/s1. The molecule has 45 heavy (non-hydrogen) atoms. The number of nitrogens with zero attached hydrogens (tertiary/aromatic N) is 1. The Balaban J connectivity index is 1.30. The van der Waals surface area contributed by atoms with Gasteiger partial charge in [-0.25, -0.2) is 4.39 Å². The monoisotopic (exact) mass is 639 g/mol. The van der Waals surface area contributed by atoms with E-state index in [2.05, 4.69) is 61.2 Å². The molecule has 252 valence electrons. The number of anilines is 1. The normalized spacial score (nSPS) is 35.0. The van der Waals surface area contributed by atoms with Crippen LogP contribution in [0.25, 0.3) is 0 Å². The molecule has 1 N–H and O–H groups in total. The van der Waals surface area contributed by atoms with Gasteiger partial charge in [-0.2, -0.15) is 0 Å². The summed E-state index contributed by atoms with van der Waals surface area (Å²) in [5.74, 6) is 1.09. The predicted molar refractivity (Wildman–Crippen MR) is 186 cm³/mol.